The van der Waals surface area contributed by atoms with E-state index in [-0.39, 0.29) is 0 Å². The Hall–Kier alpha value is -1.13. The Morgan fingerprint density at radius 2 is 2.29 bits per heavy atom. The summed E-state index contributed by atoms with van der Waals surface area (Å²) >= 11 is 1.75. The van der Waals surface area contributed by atoms with Crippen molar-refractivity contribution in [2.45, 2.75) is 39.4 Å². The molecule has 92 valence electrons. The van der Waals surface area contributed by atoms with Crippen molar-refractivity contribution in [1.29, 1.82) is 0 Å². The number of aryl methyl sites for hydroxylation is 2. The average Bonchev–Trinajstić information content (AvgIpc) is 2.95. The molecule has 0 bridgehead atoms. The molecule has 0 fully saturated rings. The van der Waals surface area contributed by atoms with Crippen LogP contribution in [0.4, 0.5) is 0 Å². The Morgan fingerprint density at radius 3 is 3.00 bits per heavy atom. The second kappa shape index (κ2) is 5.98. The van der Waals surface area contributed by atoms with Gasteiger partial charge in [-0.3, -0.25) is 4.68 Å². The van der Waals surface area contributed by atoms with E-state index in [2.05, 4.69) is 53.4 Å². The van der Waals surface area contributed by atoms with Gasteiger partial charge in [0.1, 0.15) is 0 Å². The molecule has 3 nitrogen and oxygen atoms in total. The van der Waals surface area contributed by atoms with E-state index in [1.54, 1.807) is 11.3 Å². The topological polar surface area (TPSA) is 29.9 Å². The zero-order chi connectivity index (χ0) is 12.1. The largest absolute Gasteiger partial charge is 0.309 e. The zero-order valence-corrected chi connectivity index (χ0v) is 11.2. The van der Waals surface area contributed by atoms with Crippen LogP contribution in [-0.4, -0.2) is 15.8 Å². The quantitative estimate of drug-likeness (QED) is 0.853. The molecule has 0 spiro atoms. The first-order valence-electron chi connectivity index (χ1n) is 6.01. The minimum Gasteiger partial charge on any atom is -0.309 e. The molecule has 0 saturated carbocycles. The average molecular weight is 249 g/mol. The number of thiophene rings is 1. The van der Waals surface area contributed by atoms with E-state index in [1.165, 1.54) is 5.56 Å². The molecule has 0 aliphatic heterocycles. The summed E-state index contributed by atoms with van der Waals surface area (Å²) in [4.78, 5) is 0. The van der Waals surface area contributed by atoms with Crippen molar-refractivity contribution in [3.63, 3.8) is 0 Å². The van der Waals surface area contributed by atoms with Crippen molar-refractivity contribution in [3.8, 4) is 0 Å². The van der Waals surface area contributed by atoms with Crippen molar-refractivity contribution in [1.82, 2.24) is 15.1 Å². The van der Waals surface area contributed by atoms with Gasteiger partial charge in [0.05, 0.1) is 5.69 Å². The van der Waals surface area contributed by atoms with Crippen LogP contribution >= 0.6 is 11.3 Å². The summed E-state index contributed by atoms with van der Waals surface area (Å²) in [7, 11) is 0. The maximum atomic E-state index is 4.54. The SMILES string of the molecule is CC(C)NCc1ccn(CCc2ccsc2)n1. The second-order valence-corrected chi connectivity index (χ2v) is 5.27. The molecule has 0 aliphatic rings. The van der Waals surface area contributed by atoms with Crippen LogP contribution in [0.3, 0.4) is 0 Å². The summed E-state index contributed by atoms with van der Waals surface area (Å²) in [5, 5.41) is 12.2. The highest BCUT2D eigenvalue weighted by Crippen LogP contribution is 2.07. The second-order valence-electron chi connectivity index (χ2n) is 4.49. The number of nitrogens with one attached hydrogen (secondary N) is 1. The summed E-state index contributed by atoms with van der Waals surface area (Å²) in [6.45, 7) is 6.10. The highest BCUT2D eigenvalue weighted by atomic mass is 32.1. The van der Waals surface area contributed by atoms with Crippen LogP contribution in [0.5, 0.6) is 0 Å². The first-order valence-corrected chi connectivity index (χ1v) is 6.95. The molecule has 0 atom stereocenters. The van der Waals surface area contributed by atoms with Crippen molar-refractivity contribution in [2.75, 3.05) is 0 Å². The van der Waals surface area contributed by atoms with Gasteiger partial charge in [-0.15, -0.1) is 0 Å². The van der Waals surface area contributed by atoms with Crippen LogP contribution in [0.15, 0.2) is 29.1 Å². The Morgan fingerprint density at radius 1 is 1.41 bits per heavy atom. The molecule has 2 rings (SSSR count). The van der Waals surface area contributed by atoms with Gasteiger partial charge in [0.2, 0.25) is 0 Å². The standard InChI is InChI=1S/C13H19N3S/c1-11(2)14-9-13-4-7-16(15-13)6-3-12-5-8-17-10-12/h4-5,7-8,10-11,14H,3,6,9H2,1-2H3. The number of rotatable bonds is 6. The monoisotopic (exact) mass is 249 g/mol. The van der Waals surface area contributed by atoms with Crippen molar-refractivity contribution >= 4 is 11.3 Å². The van der Waals surface area contributed by atoms with Crippen LogP contribution in [0.1, 0.15) is 25.1 Å². The number of aromatic nitrogens is 2. The third kappa shape index (κ3) is 3.98. The Kier molecular flexibility index (Phi) is 4.34. The van der Waals surface area contributed by atoms with E-state index in [4.69, 9.17) is 0 Å². The van der Waals surface area contributed by atoms with Gasteiger partial charge >= 0.3 is 0 Å². The Bertz CT molecular complexity index is 431. The fourth-order valence-electron chi connectivity index (χ4n) is 1.61. The molecule has 0 unspecified atom stereocenters. The van der Waals surface area contributed by atoms with Gasteiger partial charge in [0.15, 0.2) is 0 Å². The van der Waals surface area contributed by atoms with Gasteiger partial charge < -0.3 is 5.32 Å². The molecule has 2 aromatic rings. The van der Waals surface area contributed by atoms with E-state index in [0.29, 0.717) is 6.04 Å². The molecule has 0 aliphatic carbocycles. The highest BCUT2D eigenvalue weighted by Gasteiger charge is 2.00. The minimum atomic E-state index is 0.506. The maximum Gasteiger partial charge on any atom is 0.0762 e. The van der Waals surface area contributed by atoms with E-state index in [0.717, 1.165) is 25.2 Å². The molecule has 0 saturated heterocycles. The van der Waals surface area contributed by atoms with Crippen LogP contribution in [0, 0.1) is 0 Å². The van der Waals surface area contributed by atoms with Gasteiger partial charge in [0.25, 0.3) is 0 Å². The maximum absolute atomic E-state index is 4.54. The lowest BCUT2D eigenvalue weighted by molar-refractivity contribution is 0.559. The van der Waals surface area contributed by atoms with E-state index >= 15 is 0 Å². The molecular weight excluding hydrogens is 230 g/mol. The lowest BCUT2D eigenvalue weighted by Crippen LogP contribution is -2.22. The van der Waals surface area contributed by atoms with E-state index < -0.39 is 0 Å². The number of hydrogen-bond donors (Lipinski definition) is 1. The first-order chi connectivity index (χ1) is 8.24. The van der Waals surface area contributed by atoms with E-state index in [1.807, 2.05) is 4.68 Å². The molecule has 0 amide bonds. The first kappa shape index (κ1) is 12.3. The molecular formula is C13H19N3S. The molecule has 4 heteroatoms. The fourth-order valence-corrected chi connectivity index (χ4v) is 2.31. The van der Waals surface area contributed by atoms with Gasteiger partial charge in [-0.05, 0) is 34.9 Å². The Labute approximate surface area is 106 Å². The predicted molar refractivity (Wildman–Crippen MR) is 72.2 cm³/mol. The number of hydrogen-bond acceptors (Lipinski definition) is 3. The van der Waals surface area contributed by atoms with Gasteiger partial charge in [-0.2, -0.15) is 16.4 Å². The molecule has 2 heterocycles. The van der Waals surface area contributed by atoms with Crippen molar-refractivity contribution < 1.29 is 0 Å². The van der Waals surface area contributed by atoms with Gasteiger partial charge in [-0.25, -0.2) is 0 Å². The highest BCUT2D eigenvalue weighted by molar-refractivity contribution is 7.07. The van der Waals surface area contributed by atoms with E-state index in [9.17, 15) is 0 Å². The summed E-state index contributed by atoms with van der Waals surface area (Å²) in [5.74, 6) is 0. The molecule has 17 heavy (non-hydrogen) atoms. The fraction of sp³-hybridized carbons (Fsp3) is 0.462. The summed E-state index contributed by atoms with van der Waals surface area (Å²) in [6, 6.07) is 4.77. The van der Waals surface area contributed by atoms with Gasteiger partial charge in [-0.1, -0.05) is 13.8 Å². The smallest absolute Gasteiger partial charge is 0.0762 e. The van der Waals surface area contributed by atoms with Crippen LogP contribution in [0.25, 0.3) is 0 Å². The molecule has 1 N–H and O–H groups in total. The third-order valence-electron chi connectivity index (χ3n) is 2.60. The van der Waals surface area contributed by atoms with Crippen molar-refractivity contribution in [3.05, 3.63) is 40.3 Å². The third-order valence-corrected chi connectivity index (χ3v) is 3.33. The summed E-state index contributed by atoms with van der Waals surface area (Å²) in [5.41, 5.74) is 2.51. The molecule has 0 radical (unpaired) electrons. The van der Waals surface area contributed by atoms with Crippen LogP contribution in [-0.2, 0) is 19.5 Å². The molecule has 2 aromatic heterocycles. The lowest BCUT2D eigenvalue weighted by atomic mass is 10.2. The predicted octanol–water partition coefficient (Wildman–Crippen LogP) is 2.69. The summed E-state index contributed by atoms with van der Waals surface area (Å²) in [6.07, 6.45) is 3.12. The minimum absolute atomic E-state index is 0.506. The normalized spacial score (nSPS) is 11.2. The number of nitrogens with zero attached hydrogens (tertiary/aromatic N) is 2. The lowest BCUT2D eigenvalue weighted by Gasteiger charge is -2.05. The summed E-state index contributed by atoms with van der Waals surface area (Å²) < 4.78 is 2.02. The zero-order valence-electron chi connectivity index (χ0n) is 10.4. The van der Waals surface area contributed by atoms with Crippen LogP contribution < -0.4 is 5.32 Å². The van der Waals surface area contributed by atoms with Crippen LogP contribution in [0.2, 0.25) is 0 Å². The van der Waals surface area contributed by atoms with Gasteiger partial charge in [0, 0.05) is 25.3 Å². The Balaban J connectivity index is 1.81. The van der Waals surface area contributed by atoms with Crippen molar-refractivity contribution in [2.24, 2.45) is 0 Å². The molecule has 0 aromatic carbocycles.